The molecular weight excluding hydrogens is 280 g/mol. The molecule has 0 saturated heterocycles. The van der Waals surface area contributed by atoms with Gasteiger partial charge >= 0.3 is 0 Å². The summed E-state index contributed by atoms with van der Waals surface area (Å²) in [7, 11) is 0. The van der Waals surface area contributed by atoms with E-state index in [0.29, 0.717) is 12.3 Å². The van der Waals surface area contributed by atoms with Crippen molar-refractivity contribution in [3.8, 4) is 0 Å². The highest BCUT2D eigenvalue weighted by atomic mass is 79.9. The number of halogens is 1. The predicted molar refractivity (Wildman–Crippen MR) is 70.3 cm³/mol. The highest BCUT2D eigenvalue weighted by Crippen LogP contribution is 2.43. The van der Waals surface area contributed by atoms with Crippen LogP contribution in [0.4, 0.5) is 0 Å². The molecule has 0 radical (unpaired) electrons. The highest BCUT2D eigenvalue weighted by molar-refractivity contribution is 9.10. The molecule has 0 saturated carbocycles. The van der Waals surface area contributed by atoms with E-state index in [4.69, 9.17) is 4.42 Å². The lowest BCUT2D eigenvalue weighted by Crippen LogP contribution is -2.00. The minimum atomic E-state index is 0.266. The summed E-state index contributed by atoms with van der Waals surface area (Å²) in [5.74, 6) is 0.637. The maximum atomic E-state index is 11.3. The normalized spacial score (nSPS) is 18.6. The van der Waals surface area contributed by atoms with Crippen molar-refractivity contribution in [2.45, 2.75) is 32.1 Å². The van der Waals surface area contributed by atoms with Crippen LogP contribution in [-0.4, -0.2) is 5.78 Å². The van der Waals surface area contributed by atoms with E-state index in [1.165, 1.54) is 11.1 Å². The molecule has 1 atom stereocenters. The summed E-state index contributed by atoms with van der Waals surface area (Å²) in [5, 5.41) is 1.16. The Morgan fingerprint density at radius 3 is 3.18 bits per heavy atom. The van der Waals surface area contributed by atoms with Crippen molar-refractivity contribution in [3.05, 3.63) is 34.0 Å². The summed E-state index contributed by atoms with van der Waals surface area (Å²) in [6.45, 7) is 1.67. The molecule has 1 aliphatic rings. The van der Waals surface area contributed by atoms with Crippen LogP contribution in [0, 0.1) is 0 Å². The smallest absolute Gasteiger partial charge is 0.148 e. The minimum Gasteiger partial charge on any atom is -0.463 e. The van der Waals surface area contributed by atoms with Crippen molar-refractivity contribution in [2.24, 2.45) is 0 Å². The first kappa shape index (κ1) is 11.0. The minimum absolute atomic E-state index is 0.266. The van der Waals surface area contributed by atoms with E-state index in [9.17, 15) is 4.79 Å². The van der Waals surface area contributed by atoms with Gasteiger partial charge in [0.15, 0.2) is 0 Å². The third-order valence-electron chi connectivity index (χ3n) is 3.52. The number of Topliss-reactive ketones (excluding diaryl/α,β-unsaturated/α-hetero) is 1. The number of aryl methyl sites for hydroxylation is 1. The Morgan fingerprint density at radius 2 is 2.41 bits per heavy atom. The summed E-state index contributed by atoms with van der Waals surface area (Å²) in [6, 6.07) is 4.15. The Morgan fingerprint density at radius 1 is 1.59 bits per heavy atom. The molecule has 1 aliphatic carbocycles. The van der Waals surface area contributed by atoms with Gasteiger partial charge in [0.1, 0.15) is 11.4 Å². The van der Waals surface area contributed by atoms with Crippen molar-refractivity contribution in [1.82, 2.24) is 0 Å². The maximum Gasteiger partial charge on any atom is 0.148 e. The summed E-state index contributed by atoms with van der Waals surface area (Å²) < 4.78 is 6.51. The van der Waals surface area contributed by atoms with Gasteiger partial charge in [0.05, 0.1) is 10.7 Å². The second kappa shape index (κ2) is 3.98. The van der Waals surface area contributed by atoms with Gasteiger partial charge in [0, 0.05) is 11.8 Å². The number of ketones is 1. The lowest BCUT2D eigenvalue weighted by molar-refractivity contribution is -0.117. The fourth-order valence-electron chi connectivity index (χ4n) is 2.89. The van der Waals surface area contributed by atoms with E-state index in [0.717, 1.165) is 28.3 Å². The van der Waals surface area contributed by atoms with Crippen molar-refractivity contribution in [2.75, 3.05) is 0 Å². The molecule has 2 aromatic rings. The van der Waals surface area contributed by atoms with E-state index in [2.05, 4.69) is 22.0 Å². The summed E-state index contributed by atoms with van der Waals surface area (Å²) in [5.41, 5.74) is 3.59. The molecule has 1 aromatic carbocycles. The van der Waals surface area contributed by atoms with Crippen molar-refractivity contribution >= 4 is 32.7 Å². The Bertz CT molecular complexity index is 598. The molecular formula is C14H13BrO2. The number of furan rings is 1. The molecule has 0 aliphatic heterocycles. The third kappa shape index (κ3) is 1.73. The first-order valence-electron chi connectivity index (χ1n) is 5.84. The lowest BCUT2D eigenvalue weighted by Gasteiger charge is -2.10. The average molecular weight is 293 g/mol. The first-order chi connectivity index (χ1) is 8.16. The van der Waals surface area contributed by atoms with E-state index < -0.39 is 0 Å². The van der Waals surface area contributed by atoms with Crippen LogP contribution in [0.25, 0.3) is 11.0 Å². The molecule has 2 nitrogen and oxygen atoms in total. The molecule has 1 aromatic heterocycles. The van der Waals surface area contributed by atoms with Crippen LogP contribution >= 0.6 is 15.9 Å². The maximum absolute atomic E-state index is 11.3. The highest BCUT2D eigenvalue weighted by Gasteiger charge is 2.27. The molecule has 17 heavy (non-hydrogen) atoms. The zero-order valence-electron chi connectivity index (χ0n) is 9.63. The third-order valence-corrected chi connectivity index (χ3v) is 4.11. The van der Waals surface area contributed by atoms with Crippen LogP contribution in [0.2, 0.25) is 0 Å². The number of fused-ring (bicyclic) bond motifs is 3. The zero-order valence-corrected chi connectivity index (χ0v) is 11.2. The molecule has 88 valence electrons. The van der Waals surface area contributed by atoms with Gasteiger partial charge in [0.2, 0.25) is 0 Å². The van der Waals surface area contributed by atoms with Gasteiger partial charge in [-0.2, -0.15) is 0 Å². The number of carbonyl (C=O) groups excluding carboxylic acids is 1. The molecule has 0 bridgehead atoms. The summed E-state index contributed by atoms with van der Waals surface area (Å²) in [6.07, 6.45) is 4.51. The number of hydrogen-bond donors (Lipinski definition) is 0. The quantitative estimate of drug-likeness (QED) is 0.830. The number of rotatable bonds is 2. The Labute approximate surface area is 108 Å². The Hall–Kier alpha value is -1.09. The van der Waals surface area contributed by atoms with Crippen molar-refractivity contribution in [3.63, 3.8) is 0 Å². The molecule has 0 fully saturated rings. The lowest BCUT2D eigenvalue weighted by atomic mass is 9.93. The van der Waals surface area contributed by atoms with Crippen LogP contribution in [0.15, 0.2) is 27.3 Å². The van der Waals surface area contributed by atoms with Gasteiger partial charge in [0.25, 0.3) is 0 Å². The fraction of sp³-hybridized carbons (Fsp3) is 0.357. The molecule has 0 spiro atoms. The van der Waals surface area contributed by atoms with Gasteiger partial charge < -0.3 is 9.21 Å². The molecule has 1 unspecified atom stereocenters. The van der Waals surface area contributed by atoms with Gasteiger partial charge in [-0.1, -0.05) is 0 Å². The topological polar surface area (TPSA) is 30.2 Å². The standard InChI is InChI=1S/C14H13BrO2/c1-8(16)6-9-2-3-10-7-12(15)14-11(13(9)10)4-5-17-14/h4-5,7,9H,2-3,6H2,1H3. The number of benzene rings is 1. The SMILES string of the molecule is CC(=O)CC1CCc2cc(Br)c3occc3c21. The largest absolute Gasteiger partial charge is 0.463 e. The monoisotopic (exact) mass is 292 g/mol. The van der Waals surface area contributed by atoms with Crippen LogP contribution in [0.3, 0.4) is 0 Å². The summed E-state index contributed by atoms with van der Waals surface area (Å²) in [4.78, 5) is 11.3. The van der Waals surface area contributed by atoms with Gasteiger partial charge in [-0.15, -0.1) is 0 Å². The first-order valence-corrected chi connectivity index (χ1v) is 6.64. The van der Waals surface area contributed by atoms with Crippen LogP contribution in [-0.2, 0) is 11.2 Å². The average Bonchev–Trinajstić information content (AvgIpc) is 2.84. The number of hydrogen-bond acceptors (Lipinski definition) is 2. The van der Waals surface area contributed by atoms with Crippen LogP contribution < -0.4 is 0 Å². The molecule has 0 N–H and O–H groups in total. The molecule has 0 amide bonds. The molecule has 1 heterocycles. The van der Waals surface area contributed by atoms with Crippen molar-refractivity contribution < 1.29 is 9.21 Å². The van der Waals surface area contributed by atoms with Gasteiger partial charge in [-0.05, 0) is 64.9 Å². The van der Waals surface area contributed by atoms with Crippen LogP contribution in [0.5, 0.6) is 0 Å². The second-order valence-corrected chi connectivity index (χ2v) is 5.59. The number of carbonyl (C=O) groups is 1. The van der Waals surface area contributed by atoms with Gasteiger partial charge in [-0.3, -0.25) is 0 Å². The zero-order chi connectivity index (χ0) is 12.0. The summed E-state index contributed by atoms with van der Waals surface area (Å²) >= 11 is 3.54. The fourth-order valence-corrected chi connectivity index (χ4v) is 3.47. The van der Waals surface area contributed by atoms with Crippen molar-refractivity contribution in [1.29, 1.82) is 0 Å². The van der Waals surface area contributed by atoms with Crippen LogP contribution in [0.1, 0.15) is 36.8 Å². The Balaban J connectivity index is 2.19. The van der Waals surface area contributed by atoms with E-state index in [1.54, 1.807) is 13.2 Å². The van der Waals surface area contributed by atoms with E-state index >= 15 is 0 Å². The predicted octanol–water partition coefficient (Wildman–Crippen LogP) is 4.20. The van der Waals surface area contributed by atoms with E-state index in [1.807, 2.05) is 6.07 Å². The second-order valence-electron chi connectivity index (χ2n) is 4.74. The Kier molecular flexibility index (Phi) is 2.58. The van der Waals surface area contributed by atoms with Gasteiger partial charge in [-0.25, -0.2) is 0 Å². The molecule has 3 rings (SSSR count). The molecule has 3 heteroatoms. The van der Waals surface area contributed by atoms with E-state index in [-0.39, 0.29) is 5.78 Å².